The predicted octanol–water partition coefficient (Wildman–Crippen LogP) is 4.25. The lowest BCUT2D eigenvalue weighted by Crippen LogP contribution is -2.07. The third-order valence-electron chi connectivity index (χ3n) is 2.73. The Morgan fingerprint density at radius 1 is 1.38 bits per heavy atom. The van der Waals surface area contributed by atoms with Gasteiger partial charge in [-0.15, -0.1) is 11.3 Å². The third kappa shape index (κ3) is 4.15. The Kier molecular flexibility index (Phi) is 5.51. The molecule has 0 aliphatic carbocycles. The van der Waals surface area contributed by atoms with Gasteiger partial charge in [-0.3, -0.25) is 10.1 Å². The van der Waals surface area contributed by atoms with Crippen molar-refractivity contribution in [2.45, 2.75) is 19.9 Å². The molecule has 0 aliphatic rings. The van der Waals surface area contributed by atoms with Crippen LogP contribution in [0.15, 0.2) is 28.1 Å². The van der Waals surface area contributed by atoms with Crippen LogP contribution in [0.4, 0.5) is 17.3 Å². The second-order valence-electron chi connectivity index (χ2n) is 4.29. The zero-order chi connectivity index (χ0) is 15.2. The summed E-state index contributed by atoms with van der Waals surface area (Å²) in [6.45, 7) is 3.32. The fraction of sp³-hybridized carbons (Fsp3) is 0.308. The number of aromatic nitrogens is 1. The molecule has 0 fully saturated rings. The van der Waals surface area contributed by atoms with Crippen LogP contribution in [0.25, 0.3) is 0 Å². The molecule has 0 aliphatic heterocycles. The van der Waals surface area contributed by atoms with Gasteiger partial charge in [0.2, 0.25) is 5.82 Å². The molecule has 0 aromatic carbocycles. The maximum absolute atomic E-state index is 11.1. The van der Waals surface area contributed by atoms with Crippen molar-refractivity contribution in [3.8, 4) is 0 Å². The summed E-state index contributed by atoms with van der Waals surface area (Å²) in [6.07, 6.45) is 0.962. The molecule has 0 atom stereocenters. The van der Waals surface area contributed by atoms with Gasteiger partial charge in [0.15, 0.2) is 0 Å². The second kappa shape index (κ2) is 7.37. The number of nitrogens with one attached hydrogen (secondary N) is 2. The first-order chi connectivity index (χ1) is 10.1. The van der Waals surface area contributed by atoms with Gasteiger partial charge in [0.05, 0.1) is 11.5 Å². The number of nitrogens with zero attached hydrogens (tertiary/aromatic N) is 2. The van der Waals surface area contributed by atoms with E-state index in [1.165, 1.54) is 6.07 Å². The molecular weight excluding hydrogens is 356 g/mol. The summed E-state index contributed by atoms with van der Waals surface area (Å²) in [5.41, 5.74) is -0.0234. The highest BCUT2D eigenvalue weighted by atomic mass is 79.9. The summed E-state index contributed by atoms with van der Waals surface area (Å²) in [6, 6.07) is 5.04. The Hall–Kier alpha value is -1.67. The van der Waals surface area contributed by atoms with Crippen molar-refractivity contribution in [2.24, 2.45) is 0 Å². The van der Waals surface area contributed by atoms with Gasteiger partial charge in [0.1, 0.15) is 5.82 Å². The first kappa shape index (κ1) is 15.7. The van der Waals surface area contributed by atoms with E-state index in [9.17, 15) is 10.1 Å². The highest BCUT2D eigenvalue weighted by Gasteiger charge is 2.16. The molecule has 0 amide bonds. The Bertz CT molecular complexity index is 632. The van der Waals surface area contributed by atoms with Crippen LogP contribution < -0.4 is 10.6 Å². The largest absolute Gasteiger partial charge is 0.370 e. The van der Waals surface area contributed by atoms with Crippen molar-refractivity contribution in [3.63, 3.8) is 0 Å². The van der Waals surface area contributed by atoms with Crippen LogP contribution in [0.2, 0.25) is 0 Å². The Morgan fingerprint density at radius 2 is 2.19 bits per heavy atom. The molecular formula is C13H15BrN4O2S. The van der Waals surface area contributed by atoms with Gasteiger partial charge in [-0.2, -0.15) is 0 Å². The van der Waals surface area contributed by atoms with Gasteiger partial charge in [-0.05, 0) is 39.9 Å². The van der Waals surface area contributed by atoms with Crippen LogP contribution in [0.5, 0.6) is 0 Å². The summed E-state index contributed by atoms with van der Waals surface area (Å²) in [5, 5.41) is 19.2. The molecule has 21 heavy (non-hydrogen) atoms. The first-order valence-electron chi connectivity index (χ1n) is 6.47. The normalized spacial score (nSPS) is 10.4. The number of hydrogen-bond donors (Lipinski definition) is 2. The van der Waals surface area contributed by atoms with Crippen LogP contribution in [-0.2, 0) is 6.54 Å². The highest BCUT2D eigenvalue weighted by molar-refractivity contribution is 9.10. The standard InChI is InChI=1S/C13H15BrN4O2S/c1-2-6-15-12-4-3-10(18(19)20)13(17-12)16-8-11-9(14)5-7-21-11/h3-5,7H,2,6,8H2,1H3,(H2,15,16,17). The molecule has 2 rings (SSSR count). The van der Waals surface area contributed by atoms with Gasteiger partial charge >= 0.3 is 5.69 Å². The molecule has 2 aromatic heterocycles. The average Bonchev–Trinajstić information content (AvgIpc) is 2.88. The lowest BCUT2D eigenvalue weighted by atomic mass is 10.3. The van der Waals surface area contributed by atoms with Crippen molar-refractivity contribution in [2.75, 3.05) is 17.2 Å². The second-order valence-corrected chi connectivity index (χ2v) is 6.15. The number of thiophene rings is 1. The molecule has 2 heterocycles. The summed E-state index contributed by atoms with van der Waals surface area (Å²) in [7, 11) is 0. The number of pyridine rings is 1. The molecule has 112 valence electrons. The lowest BCUT2D eigenvalue weighted by molar-refractivity contribution is -0.384. The average molecular weight is 371 g/mol. The summed E-state index contributed by atoms with van der Waals surface area (Å²) < 4.78 is 0.989. The van der Waals surface area contributed by atoms with E-state index in [-0.39, 0.29) is 11.5 Å². The molecule has 0 unspecified atom stereocenters. The predicted molar refractivity (Wildman–Crippen MR) is 89.0 cm³/mol. The van der Waals surface area contributed by atoms with Gasteiger partial charge in [0, 0.05) is 22.0 Å². The molecule has 0 saturated carbocycles. The molecule has 0 spiro atoms. The zero-order valence-electron chi connectivity index (χ0n) is 11.4. The lowest BCUT2D eigenvalue weighted by Gasteiger charge is -2.09. The monoisotopic (exact) mass is 370 g/mol. The minimum Gasteiger partial charge on any atom is -0.370 e. The number of nitro groups is 1. The van der Waals surface area contributed by atoms with E-state index in [2.05, 4.69) is 31.5 Å². The number of halogens is 1. The van der Waals surface area contributed by atoms with E-state index >= 15 is 0 Å². The third-order valence-corrected chi connectivity index (χ3v) is 4.66. The molecule has 2 N–H and O–H groups in total. The SMILES string of the molecule is CCCNc1ccc([N+](=O)[O-])c(NCc2sccc2Br)n1. The molecule has 0 bridgehead atoms. The Labute approximate surface area is 134 Å². The van der Waals surface area contributed by atoms with Crippen LogP contribution in [0, 0.1) is 10.1 Å². The maximum Gasteiger partial charge on any atom is 0.311 e. The maximum atomic E-state index is 11.1. The van der Waals surface area contributed by atoms with Gasteiger partial charge in [-0.1, -0.05) is 6.92 Å². The smallest absolute Gasteiger partial charge is 0.311 e. The molecule has 0 saturated heterocycles. The van der Waals surface area contributed by atoms with E-state index < -0.39 is 4.92 Å². The summed E-state index contributed by atoms with van der Waals surface area (Å²) >= 11 is 5.02. The van der Waals surface area contributed by atoms with Crippen molar-refractivity contribution in [1.29, 1.82) is 0 Å². The van der Waals surface area contributed by atoms with Crippen molar-refractivity contribution in [1.82, 2.24) is 4.98 Å². The van der Waals surface area contributed by atoms with E-state index in [1.807, 2.05) is 18.4 Å². The van der Waals surface area contributed by atoms with E-state index in [4.69, 9.17) is 0 Å². The topological polar surface area (TPSA) is 80.1 Å². The van der Waals surface area contributed by atoms with Crippen LogP contribution in [0.3, 0.4) is 0 Å². The fourth-order valence-electron chi connectivity index (χ4n) is 1.70. The number of anilines is 2. The number of rotatable bonds is 7. The van der Waals surface area contributed by atoms with E-state index in [0.717, 1.165) is 22.3 Å². The zero-order valence-corrected chi connectivity index (χ0v) is 13.8. The van der Waals surface area contributed by atoms with Gasteiger partial charge in [-0.25, -0.2) is 4.98 Å². The molecule has 6 nitrogen and oxygen atoms in total. The summed E-state index contributed by atoms with van der Waals surface area (Å²) in [5.74, 6) is 0.914. The van der Waals surface area contributed by atoms with Crippen LogP contribution in [-0.4, -0.2) is 16.5 Å². The molecule has 0 radical (unpaired) electrons. The van der Waals surface area contributed by atoms with Crippen molar-refractivity contribution < 1.29 is 4.92 Å². The Balaban J connectivity index is 2.17. The minimum atomic E-state index is -0.428. The van der Waals surface area contributed by atoms with Crippen molar-refractivity contribution >= 4 is 44.6 Å². The van der Waals surface area contributed by atoms with Crippen LogP contribution >= 0.6 is 27.3 Å². The highest BCUT2D eigenvalue weighted by Crippen LogP contribution is 2.27. The Morgan fingerprint density at radius 3 is 2.81 bits per heavy atom. The minimum absolute atomic E-state index is 0.0234. The van der Waals surface area contributed by atoms with E-state index in [1.54, 1.807) is 17.4 Å². The molecule has 8 heteroatoms. The van der Waals surface area contributed by atoms with Gasteiger partial charge in [0.25, 0.3) is 0 Å². The quantitative estimate of drug-likeness (QED) is 0.562. The van der Waals surface area contributed by atoms with Crippen molar-refractivity contribution in [3.05, 3.63) is 43.0 Å². The number of hydrogen-bond acceptors (Lipinski definition) is 6. The van der Waals surface area contributed by atoms with Gasteiger partial charge < -0.3 is 10.6 Å². The summed E-state index contributed by atoms with van der Waals surface area (Å²) in [4.78, 5) is 16.0. The first-order valence-corrected chi connectivity index (χ1v) is 8.14. The molecule has 2 aromatic rings. The van der Waals surface area contributed by atoms with Crippen LogP contribution in [0.1, 0.15) is 18.2 Å². The van der Waals surface area contributed by atoms with E-state index in [0.29, 0.717) is 12.4 Å². The fourth-order valence-corrected chi connectivity index (χ4v) is 3.13.